The van der Waals surface area contributed by atoms with Crippen LogP contribution in [0.15, 0.2) is 255 Å². The third-order valence-electron chi connectivity index (χ3n) is 15.6. The van der Waals surface area contributed by atoms with Gasteiger partial charge in [-0.05, 0) is 50.6 Å². The van der Waals surface area contributed by atoms with E-state index in [1.165, 1.54) is 0 Å². The van der Waals surface area contributed by atoms with Crippen LogP contribution in [0.5, 0.6) is 0 Å². The molecular formula is C74H78O14. The summed E-state index contributed by atoms with van der Waals surface area (Å²) >= 11 is 0. The van der Waals surface area contributed by atoms with E-state index in [9.17, 15) is 5.11 Å². The second-order valence-electron chi connectivity index (χ2n) is 22.1. The van der Waals surface area contributed by atoms with E-state index in [0.717, 1.165) is 44.5 Å². The molecule has 0 aromatic heterocycles. The molecule has 8 aromatic carbocycles. The molecule has 2 saturated heterocycles. The third kappa shape index (κ3) is 18.2. The average Bonchev–Trinajstić information content (AvgIpc) is 1.78. The molecule has 3 aliphatic heterocycles. The van der Waals surface area contributed by atoms with E-state index >= 15 is 0 Å². The second kappa shape index (κ2) is 33.4. The zero-order valence-corrected chi connectivity index (χ0v) is 49.3. The van der Waals surface area contributed by atoms with Gasteiger partial charge in [0.05, 0.1) is 78.9 Å². The van der Waals surface area contributed by atoms with Gasteiger partial charge in [-0.2, -0.15) is 0 Å². The lowest BCUT2D eigenvalue weighted by atomic mass is 9.95. The van der Waals surface area contributed by atoms with Crippen molar-refractivity contribution in [1.82, 2.24) is 0 Å². The lowest BCUT2D eigenvalue weighted by Crippen LogP contribution is -2.67. The molecule has 3 heterocycles. The van der Waals surface area contributed by atoms with Crippen molar-refractivity contribution >= 4 is 0 Å². The number of ether oxygens (including phenoxy) is 13. The first-order valence-corrected chi connectivity index (χ1v) is 30.3. The summed E-state index contributed by atoms with van der Waals surface area (Å²) in [6.07, 6.45) is -9.28. The average molecular weight is 1190 g/mol. The first kappa shape index (κ1) is 62.4. The van der Waals surface area contributed by atoms with E-state index in [1.54, 1.807) is 6.26 Å². The van der Waals surface area contributed by atoms with Crippen LogP contribution < -0.4 is 0 Å². The molecule has 14 nitrogen and oxygen atoms in total. The van der Waals surface area contributed by atoms with Gasteiger partial charge in [0.15, 0.2) is 18.7 Å². The summed E-state index contributed by atoms with van der Waals surface area (Å²) in [7, 11) is 0. The number of rotatable bonds is 31. The zero-order valence-electron chi connectivity index (χ0n) is 49.3. The van der Waals surface area contributed by atoms with E-state index < -0.39 is 79.7 Å². The minimum absolute atomic E-state index is 0.00805. The van der Waals surface area contributed by atoms with Crippen molar-refractivity contribution in [3.8, 4) is 0 Å². The van der Waals surface area contributed by atoms with E-state index in [-0.39, 0.29) is 59.5 Å². The molecule has 5 unspecified atom stereocenters. The summed E-state index contributed by atoms with van der Waals surface area (Å²) in [5.74, 6) is 0. The molecule has 13 atom stereocenters. The molecule has 14 heteroatoms. The fourth-order valence-corrected chi connectivity index (χ4v) is 11.0. The smallest absolute Gasteiger partial charge is 0.187 e. The first-order valence-electron chi connectivity index (χ1n) is 30.3. The summed E-state index contributed by atoms with van der Waals surface area (Å²) in [6, 6.07) is 79.3. The largest absolute Gasteiger partial charge is 0.493 e. The van der Waals surface area contributed by atoms with Gasteiger partial charge in [-0.1, -0.05) is 243 Å². The Morgan fingerprint density at radius 1 is 0.284 bits per heavy atom. The summed E-state index contributed by atoms with van der Waals surface area (Å²) < 4.78 is 90.2. The van der Waals surface area contributed by atoms with E-state index in [1.807, 2.05) is 249 Å². The second-order valence-corrected chi connectivity index (χ2v) is 22.1. The van der Waals surface area contributed by atoms with Gasteiger partial charge in [-0.25, -0.2) is 0 Å². The Morgan fingerprint density at radius 2 is 0.580 bits per heavy atom. The lowest BCUT2D eigenvalue weighted by Gasteiger charge is -2.50. The molecular weight excluding hydrogens is 1110 g/mol. The third-order valence-corrected chi connectivity index (χ3v) is 15.6. The van der Waals surface area contributed by atoms with Crippen LogP contribution in [-0.4, -0.2) is 105 Å². The molecule has 0 radical (unpaired) electrons. The lowest BCUT2D eigenvalue weighted by molar-refractivity contribution is -0.382. The molecule has 458 valence electrons. The minimum Gasteiger partial charge on any atom is -0.493 e. The molecule has 2 fully saturated rings. The maximum atomic E-state index is 13.0. The number of hydrogen-bond acceptors (Lipinski definition) is 14. The van der Waals surface area contributed by atoms with Crippen LogP contribution in [0.25, 0.3) is 0 Å². The maximum absolute atomic E-state index is 13.0. The maximum Gasteiger partial charge on any atom is 0.187 e. The number of aliphatic hydroxyl groups is 1. The van der Waals surface area contributed by atoms with Crippen molar-refractivity contribution in [3.63, 3.8) is 0 Å². The molecule has 11 rings (SSSR count). The molecule has 1 N–H and O–H groups in total. The van der Waals surface area contributed by atoms with Gasteiger partial charge in [0.1, 0.15) is 61.0 Å². The van der Waals surface area contributed by atoms with Gasteiger partial charge in [-0.3, -0.25) is 0 Å². The van der Waals surface area contributed by atoms with Crippen LogP contribution in [0.1, 0.15) is 44.5 Å². The van der Waals surface area contributed by atoms with Crippen LogP contribution in [0.3, 0.4) is 0 Å². The SMILES string of the molecule is O[C@@H]1C(OCc2ccccc2)[C@@H](O[C@H]2C(COCc3ccccc3)O[C@@H](O[C@@H]3C(COCc4ccccc4)OC=C[C@H]3OCc3ccccc3)C(OCc3ccccc3)[C@@H]2OCc2ccccc2)OC(COCc2ccccc2)[C@@H]1OCc1ccccc1. The van der Waals surface area contributed by atoms with Gasteiger partial charge in [0.2, 0.25) is 0 Å². The predicted octanol–water partition coefficient (Wildman–Crippen LogP) is 12.1. The van der Waals surface area contributed by atoms with Crippen LogP contribution in [0, 0.1) is 0 Å². The fourth-order valence-electron chi connectivity index (χ4n) is 11.0. The van der Waals surface area contributed by atoms with Crippen molar-refractivity contribution in [3.05, 3.63) is 300 Å². The van der Waals surface area contributed by atoms with Gasteiger partial charge in [0.25, 0.3) is 0 Å². The fraction of sp³-hybridized carbons (Fsp3) is 0.324. The van der Waals surface area contributed by atoms with E-state index in [0.29, 0.717) is 13.2 Å². The van der Waals surface area contributed by atoms with Gasteiger partial charge >= 0.3 is 0 Å². The molecule has 0 spiro atoms. The summed E-state index contributed by atoms with van der Waals surface area (Å²) in [6.45, 7) is 1.94. The standard InChI is InChI=1S/C74H78O14/c75-66-68(81-47-58-33-17-5-18-34-58)64(52-77-44-55-27-11-2-12-28-55)85-73(70(66)82-48-59-35-19-6-20-36-59)88-69-65(53-78-45-56-29-13-3-14-30-56)86-74(72(84-50-61-39-23-8-24-40-61)71(69)83-49-60-37-21-7-22-38-60)87-67-62(80-46-57-31-15-4-16-32-57)41-42-79-63(67)51-76-43-54-25-9-1-10-26-54/h1-42,62-75H,43-53H2/t62-,63?,64?,65?,66+,67+,68+,69+,70?,71-,72?,73-,74+/m1/s1. The Bertz CT molecular complexity index is 3210. The Hall–Kier alpha value is -7.22. The number of benzene rings is 8. The molecule has 0 bridgehead atoms. The molecule has 88 heavy (non-hydrogen) atoms. The molecule has 3 aliphatic rings. The Labute approximate surface area is 516 Å². The molecule has 0 aliphatic carbocycles. The minimum atomic E-state index is -1.30. The quantitative estimate of drug-likeness (QED) is 0.0441. The normalized spacial score (nSPS) is 25.2. The predicted molar refractivity (Wildman–Crippen MR) is 330 cm³/mol. The van der Waals surface area contributed by atoms with E-state index in [4.69, 9.17) is 61.6 Å². The Kier molecular flexibility index (Phi) is 23.7. The van der Waals surface area contributed by atoms with Crippen LogP contribution in [0.4, 0.5) is 0 Å². The number of aliphatic hydroxyl groups excluding tert-OH is 1. The van der Waals surface area contributed by atoms with Crippen molar-refractivity contribution in [2.24, 2.45) is 0 Å². The van der Waals surface area contributed by atoms with Crippen molar-refractivity contribution in [2.45, 2.75) is 133 Å². The molecule has 0 saturated carbocycles. The highest BCUT2D eigenvalue weighted by molar-refractivity contribution is 5.20. The van der Waals surface area contributed by atoms with Gasteiger partial charge in [-0.15, -0.1) is 0 Å². The molecule has 8 aromatic rings. The highest BCUT2D eigenvalue weighted by atomic mass is 16.8. The van der Waals surface area contributed by atoms with Crippen LogP contribution in [-0.2, 0) is 114 Å². The van der Waals surface area contributed by atoms with Crippen molar-refractivity contribution in [2.75, 3.05) is 19.8 Å². The van der Waals surface area contributed by atoms with Gasteiger partial charge < -0.3 is 66.7 Å². The van der Waals surface area contributed by atoms with Crippen LogP contribution >= 0.6 is 0 Å². The first-order chi connectivity index (χ1) is 43.6. The van der Waals surface area contributed by atoms with E-state index in [2.05, 4.69) is 0 Å². The topological polar surface area (TPSA) is 140 Å². The summed E-state index contributed by atoms with van der Waals surface area (Å²) in [5.41, 5.74) is 7.55. The van der Waals surface area contributed by atoms with Gasteiger partial charge in [0, 0.05) is 0 Å². The van der Waals surface area contributed by atoms with Crippen molar-refractivity contribution in [1.29, 1.82) is 0 Å². The molecule has 0 amide bonds. The van der Waals surface area contributed by atoms with Crippen molar-refractivity contribution < 1.29 is 66.7 Å². The Balaban J connectivity index is 0.974. The summed E-state index contributed by atoms with van der Waals surface area (Å²) in [4.78, 5) is 0. The highest BCUT2D eigenvalue weighted by Crippen LogP contribution is 2.38. The highest BCUT2D eigenvalue weighted by Gasteiger charge is 2.55. The Morgan fingerprint density at radius 3 is 0.977 bits per heavy atom. The number of hydrogen-bond donors (Lipinski definition) is 1. The zero-order chi connectivity index (χ0) is 59.8. The van der Waals surface area contributed by atoms with Crippen LogP contribution in [0.2, 0.25) is 0 Å². The summed E-state index contributed by atoms with van der Waals surface area (Å²) in [5, 5.41) is 13.0. The monoisotopic (exact) mass is 1190 g/mol.